The molecule has 0 aliphatic heterocycles. The van der Waals surface area contributed by atoms with Crippen molar-refractivity contribution in [3.05, 3.63) is 88.9 Å². The quantitative estimate of drug-likeness (QED) is 0.414. The third-order valence-electron chi connectivity index (χ3n) is 5.53. The normalized spacial score (nSPS) is 12.2. The van der Waals surface area contributed by atoms with E-state index in [1.165, 1.54) is 50.5 Å². The molecule has 11 heteroatoms. The van der Waals surface area contributed by atoms with Crippen LogP contribution in [0.3, 0.4) is 0 Å². The van der Waals surface area contributed by atoms with Crippen molar-refractivity contribution in [3.8, 4) is 0 Å². The first-order valence-electron chi connectivity index (χ1n) is 11.0. The maximum absolute atomic E-state index is 13.4. The second-order valence-electron chi connectivity index (χ2n) is 8.34. The summed E-state index contributed by atoms with van der Waals surface area (Å²) in [6, 6.07) is 19.5. The highest BCUT2D eigenvalue weighted by Crippen LogP contribution is 2.23. The lowest BCUT2D eigenvalue weighted by Gasteiger charge is -2.22. The third-order valence-corrected chi connectivity index (χ3v) is 9.45. The molecule has 0 saturated heterocycles. The van der Waals surface area contributed by atoms with Gasteiger partial charge in [-0.3, -0.25) is 4.79 Å². The molecule has 8 nitrogen and oxygen atoms in total. The third kappa shape index (κ3) is 6.71. The predicted octanol–water partition coefficient (Wildman–Crippen LogP) is 3.77. The van der Waals surface area contributed by atoms with Gasteiger partial charge in [0.05, 0.1) is 16.3 Å². The number of sulfonamides is 2. The van der Waals surface area contributed by atoms with Crippen LogP contribution < -0.4 is 5.32 Å². The Morgan fingerprint density at radius 3 is 2.08 bits per heavy atom. The van der Waals surface area contributed by atoms with E-state index >= 15 is 0 Å². The van der Waals surface area contributed by atoms with E-state index in [1.807, 2.05) is 30.3 Å². The van der Waals surface area contributed by atoms with E-state index in [0.29, 0.717) is 17.0 Å². The maximum Gasteiger partial charge on any atom is 0.243 e. The van der Waals surface area contributed by atoms with Crippen LogP contribution >= 0.6 is 11.6 Å². The summed E-state index contributed by atoms with van der Waals surface area (Å²) in [5.74, 6) is -0.594. The van der Waals surface area contributed by atoms with Crippen LogP contribution in [0.1, 0.15) is 11.1 Å². The number of nitrogens with zero attached hydrogens (tertiary/aromatic N) is 2. The molecule has 0 atom stereocenters. The highest BCUT2D eigenvalue weighted by atomic mass is 35.5. The second kappa shape index (κ2) is 11.5. The van der Waals surface area contributed by atoms with E-state index in [-0.39, 0.29) is 22.0 Å². The zero-order valence-electron chi connectivity index (χ0n) is 20.2. The molecule has 0 bridgehead atoms. The molecule has 0 spiro atoms. The maximum atomic E-state index is 13.4. The van der Waals surface area contributed by atoms with Crippen LogP contribution in [0.2, 0.25) is 5.02 Å². The van der Waals surface area contributed by atoms with Crippen molar-refractivity contribution in [1.29, 1.82) is 0 Å². The smallest absolute Gasteiger partial charge is 0.243 e. The van der Waals surface area contributed by atoms with Crippen LogP contribution in [-0.2, 0) is 31.3 Å². The number of carbonyl (C=O) groups excluding carboxylic acids is 1. The minimum atomic E-state index is -4.02. The van der Waals surface area contributed by atoms with Crippen molar-refractivity contribution < 1.29 is 21.6 Å². The monoisotopic (exact) mass is 549 g/mol. The number of amides is 1. The molecule has 3 aromatic rings. The summed E-state index contributed by atoms with van der Waals surface area (Å²) in [5, 5.41) is 3.07. The number of hydrogen-bond acceptors (Lipinski definition) is 5. The van der Waals surface area contributed by atoms with Crippen molar-refractivity contribution in [2.24, 2.45) is 0 Å². The Kier molecular flexibility index (Phi) is 8.91. The van der Waals surface area contributed by atoms with Crippen LogP contribution in [0.5, 0.6) is 0 Å². The fourth-order valence-corrected chi connectivity index (χ4v) is 5.85. The topological polar surface area (TPSA) is 104 Å². The van der Waals surface area contributed by atoms with Crippen molar-refractivity contribution in [1.82, 2.24) is 8.61 Å². The minimum Gasteiger partial charge on any atom is -0.325 e. The molecule has 0 aliphatic carbocycles. The molecule has 36 heavy (non-hydrogen) atoms. The lowest BCUT2D eigenvalue weighted by molar-refractivity contribution is -0.116. The summed E-state index contributed by atoms with van der Waals surface area (Å²) >= 11 is 5.92. The first kappa shape index (κ1) is 27.8. The molecular formula is C25H28ClN3O5S2. The minimum absolute atomic E-state index is 0.0167. The highest BCUT2D eigenvalue weighted by Gasteiger charge is 2.27. The van der Waals surface area contributed by atoms with E-state index in [9.17, 15) is 21.6 Å². The van der Waals surface area contributed by atoms with Crippen molar-refractivity contribution >= 4 is 43.2 Å². The Hall–Kier alpha value is -2.76. The molecule has 3 aromatic carbocycles. The average molecular weight is 550 g/mol. The Labute approximate surface area is 217 Å². The number of rotatable bonds is 10. The zero-order valence-corrected chi connectivity index (χ0v) is 22.6. The van der Waals surface area contributed by atoms with Gasteiger partial charge in [0.25, 0.3) is 0 Å². The van der Waals surface area contributed by atoms with Crippen molar-refractivity contribution in [3.63, 3.8) is 0 Å². The molecule has 0 fully saturated rings. The summed E-state index contributed by atoms with van der Waals surface area (Å²) in [6.45, 7) is 1.33. The molecule has 0 unspecified atom stereocenters. The van der Waals surface area contributed by atoms with E-state index in [2.05, 4.69) is 5.32 Å². The molecule has 0 heterocycles. The first-order valence-corrected chi connectivity index (χ1v) is 14.3. The molecular weight excluding hydrogens is 522 g/mol. The van der Waals surface area contributed by atoms with E-state index in [4.69, 9.17) is 11.6 Å². The largest absolute Gasteiger partial charge is 0.325 e. The average Bonchev–Trinajstić information content (AvgIpc) is 2.83. The van der Waals surface area contributed by atoms with Crippen LogP contribution in [0.4, 0.5) is 5.69 Å². The van der Waals surface area contributed by atoms with Gasteiger partial charge in [0.1, 0.15) is 0 Å². The summed E-state index contributed by atoms with van der Waals surface area (Å²) < 4.78 is 54.0. The Morgan fingerprint density at radius 1 is 0.861 bits per heavy atom. The second-order valence-corrected chi connectivity index (χ2v) is 12.9. The number of nitrogens with one attached hydrogen (secondary N) is 1. The van der Waals surface area contributed by atoms with Crippen LogP contribution in [0.15, 0.2) is 82.6 Å². The van der Waals surface area contributed by atoms with Gasteiger partial charge in [-0.2, -0.15) is 4.31 Å². The van der Waals surface area contributed by atoms with Gasteiger partial charge < -0.3 is 5.32 Å². The molecule has 3 rings (SSSR count). The van der Waals surface area contributed by atoms with Crippen molar-refractivity contribution in [2.45, 2.75) is 23.1 Å². The lowest BCUT2D eigenvalue weighted by Crippen LogP contribution is -2.39. The Balaban J connectivity index is 1.87. The standard InChI is InChI=1S/C25H28ClN3O5S2/c1-19-9-12-23(35(31,32)28(2)3)17-24(19)27-25(30)18-29(16-15-20-7-5-4-6-8-20)36(33,34)22-13-10-21(26)11-14-22/h4-14,17H,15-16,18H2,1-3H3,(H,27,30). The molecule has 1 N–H and O–H groups in total. The van der Waals surface area contributed by atoms with E-state index < -0.39 is 32.5 Å². The van der Waals surface area contributed by atoms with Gasteiger partial charge in [0.15, 0.2) is 0 Å². The summed E-state index contributed by atoms with van der Waals surface area (Å²) in [7, 11) is -4.90. The first-order chi connectivity index (χ1) is 16.9. The molecule has 0 aliphatic rings. The van der Waals surface area contributed by atoms with Gasteiger partial charge >= 0.3 is 0 Å². The van der Waals surface area contributed by atoms with Crippen LogP contribution in [0, 0.1) is 6.92 Å². The molecule has 0 aromatic heterocycles. The Morgan fingerprint density at radius 2 is 1.47 bits per heavy atom. The number of halogens is 1. The Bertz CT molecular complexity index is 1430. The van der Waals surface area contributed by atoms with Gasteiger partial charge in [-0.05, 0) is 60.9 Å². The summed E-state index contributed by atoms with van der Waals surface area (Å²) in [5.41, 5.74) is 1.85. The number of aryl methyl sites for hydroxylation is 1. The number of benzene rings is 3. The fraction of sp³-hybridized carbons (Fsp3) is 0.240. The van der Waals surface area contributed by atoms with Gasteiger partial charge in [-0.1, -0.05) is 48.0 Å². The number of hydrogen-bond donors (Lipinski definition) is 1. The fourth-order valence-electron chi connectivity index (χ4n) is 3.40. The molecule has 192 valence electrons. The van der Waals surface area contributed by atoms with Gasteiger partial charge in [-0.25, -0.2) is 21.1 Å². The molecule has 1 amide bonds. The van der Waals surface area contributed by atoms with Crippen molar-refractivity contribution in [2.75, 3.05) is 32.5 Å². The van der Waals surface area contributed by atoms with Crippen LogP contribution in [-0.4, -0.2) is 58.5 Å². The van der Waals surface area contributed by atoms with Gasteiger partial charge in [0.2, 0.25) is 26.0 Å². The number of anilines is 1. The number of carbonyl (C=O) groups is 1. The molecule has 0 saturated carbocycles. The molecule has 0 radical (unpaired) electrons. The van der Waals surface area contributed by atoms with E-state index in [0.717, 1.165) is 14.2 Å². The van der Waals surface area contributed by atoms with Gasteiger partial charge in [-0.15, -0.1) is 0 Å². The van der Waals surface area contributed by atoms with Gasteiger partial charge in [0, 0.05) is 31.4 Å². The van der Waals surface area contributed by atoms with Crippen LogP contribution in [0.25, 0.3) is 0 Å². The highest BCUT2D eigenvalue weighted by molar-refractivity contribution is 7.89. The predicted molar refractivity (Wildman–Crippen MR) is 141 cm³/mol. The SMILES string of the molecule is Cc1ccc(S(=O)(=O)N(C)C)cc1NC(=O)CN(CCc1ccccc1)S(=O)(=O)c1ccc(Cl)cc1. The summed E-state index contributed by atoms with van der Waals surface area (Å²) in [4.78, 5) is 13.0. The van der Waals surface area contributed by atoms with E-state index in [1.54, 1.807) is 13.0 Å². The lowest BCUT2D eigenvalue weighted by atomic mass is 10.1. The summed E-state index contributed by atoms with van der Waals surface area (Å²) in [6.07, 6.45) is 0.399. The zero-order chi connectivity index (χ0) is 26.5.